The summed E-state index contributed by atoms with van der Waals surface area (Å²) in [6.07, 6.45) is 36.7. The number of hydrogen-bond acceptors (Lipinski definition) is 21. The molecule has 0 amide bonds. The van der Waals surface area contributed by atoms with Crippen molar-refractivity contribution >= 4 is 11.3 Å². The number of imidazole rings is 2. The third-order valence-corrected chi connectivity index (χ3v) is 15.9. The molecule has 0 spiro atoms. The van der Waals surface area contributed by atoms with E-state index in [1.165, 1.54) is 24.0 Å². The van der Waals surface area contributed by atoms with Crippen molar-refractivity contribution in [1.29, 1.82) is 0 Å². The second-order valence-corrected chi connectivity index (χ2v) is 40.3. The highest BCUT2D eigenvalue weighted by molar-refractivity contribution is 7.07. The van der Waals surface area contributed by atoms with Crippen LogP contribution in [-0.4, -0.2) is 131 Å². The summed E-state index contributed by atoms with van der Waals surface area (Å²) in [6.45, 7) is 82.7. The zero-order valence-electron chi connectivity index (χ0n) is 76.7. The Morgan fingerprint density at radius 2 is 1.16 bits per heavy atom. The van der Waals surface area contributed by atoms with Crippen LogP contribution in [0.5, 0.6) is 0 Å². The van der Waals surface area contributed by atoms with Gasteiger partial charge in [-0.2, -0.15) is 25.6 Å². The number of H-pyrrole nitrogens is 2. The minimum absolute atomic E-state index is 0.00694. The number of tetrazole rings is 1. The lowest BCUT2D eigenvalue weighted by molar-refractivity contribution is 0.224. The molecule has 0 aliphatic carbocycles. The maximum absolute atomic E-state index is 5.09. The van der Waals surface area contributed by atoms with Gasteiger partial charge in [0.2, 0.25) is 0 Å². The highest BCUT2D eigenvalue weighted by atomic mass is 32.1. The zero-order valence-corrected chi connectivity index (χ0v) is 77.5. The van der Waals surface area contributed by atoms with E-state index < -0.39 is 0 Å². The molecule has 12 heterocycles. The normalized spacial score (nSPS) is 12.5. The fourth-order valence-electron chi connectivity index (χ4n) is 8.80. The quantitative estimate of drug-likeness (QED) is 0.154. The first-order valence-corrected chi connectivity index (χ1v) is 39.4. The third-order valence-electron chi connectivity index (χ3n) is 15.3. The molecule has 11 aromatic heterocycles. The van der Waals surface area contributed by atoms with Crippen molar-refractivity contribution in [1.82, 2.24) is 119 Å². The number of oxazole rings is 1. The molecular formula is C85H146N24O3S. The second-order valence-electron chi connectivity index (χ2n) is 39.6. The van der Waals surface area contributed by atoms with Gasteiger partial charge >= 0.3 is 0 Å². The standard InChI is InChI=1S/C9H15NO.C9H15N.C8H14N2.C7H13N3.2C7H12N2.2C7H11NO.C7H11NS.2C6H11N3.C5H10N4/c1-6-8(9(3,4)5)7(2)11-10-6;1-9(2,3)10-7-5-4-6-8-10;1-8(2,3)6-10-5-4-9-7-10;1-7(2,3)6-8-5-10(4)9-6;1-7(2,3)9-5-4-8-6-9;1-7(2,3)9-6-4-5-8-9;1-7(2,3)6-4-8-5-9-6;1-7(2,3)6-4-8-9-5-6;1-7(2,3)6-4-9-5-8-6;1-6(2,3)9-5-7-4-8-9;1-6(2,3)5-7-4-8-9-5;1-5(2,3)4-6-8-9-7-4/h1-5H3;4-7H,8H2,1-3H3;4-5,7H,6H2,1-3H3;5H,1-4H3;2*4-6H,1-3H3;4*4-5H,1-3H3;4H,1-3H3,(H,7,8,9);1-3H3,(H,6,7,8,9). The first kappa shape index (κ1) is 102. The number of rotatable bonds is 1. The summed E-state index contributed by atoms with van der Waals surface area (Å²) in [5, 5.41) is 42.0. The van der Waals surface area contributed by atoms with Crippen molar-refractivity contribution in [3.8, 4) is 0 Å². The van der Waals surface area contributed by atoms with Gasteiger partial charge < -0.3 is 27.5 Å². The van der Waals surface area contributed by atoms with Gasteiger partial charge in [0.15, 0.2) is 18.0 Å². The Labute approximate surface area is 682 Å². The SMILES string of the molecule is CC(C)(C)Cn1ccnc1.CC(C)(C)N1C=CC=CC1.CC(C)(C)c1cnco1.CC(C)(C)c1cnoc1.CC(C)(C)c1cscn1.CC(C)(C)c1ncn[nH]1.CC(C)(C)c1nn[nH]n1.CC(C)(C)n1cccn1.CC(C)(C)n1ccnc1.CC(C)(C)n1cncn1.Cc1noc(C)c1C(C)(C)C.Cn1cnc(C(C)(C)C)n1. The Balaban J connectivity index is 0.000000617. The highest BCUT2D eigenvalue weighted by Gasteiger charge is 2.24. The number of hydrogen-bond donors (Lipinski definition) is 2. The minimum Gasteiger partial charge on any atom is -0.448 e. The van der Waals surface area contributed by atoms with Crippen molar-refractivity contribution in [2.75, 3.05) is 6.54 Å². The van der Waals surface area contributed by atoms with Crippen molar-refractivity contribution < 1.29 is 13.5 Å². The van der Waals surface area contributed by atoms with Crippen LogP contribution in [0.15, 0.2) is 155 Å². The molecule has 1 aliphatic rings. The lowest BCUT2D eigenvalue weighted by Crippen LogP contribution is -2.37. The van der Waals surface area contributed by atoms with Gasteiger partial charge in [-0.15, -0.1) is 21.5 Å². The van der Waals surface area contributed by atoms with Gasteiger partial charge in [0.25, 0.3) is 0 Å². The average Bonchev–Trinajstić information content (AvgIpc) is 1.71. The van der Waals surface area contributed by atoms with E-state index in [-0.39, 0.29) is 60.1 Å². The highest BCUT2D eigenvalue weighted by Crippen LogP contribution is 2.29. The number of nitrogens with zero attached hydrogens (tertiary/aromatic N) is 22. The first-order chi connectivity index (χ1) is 51.5. The molecule has 0 saturated heterocycles. The van der Waals surface area contributed by atoms with Crippen LogP contribution >= 0.6 is 11.3 Å². The first-order valence-electron chi connectivity index (χ1n) is 38.4. The van der Waals surface area contributed by atoms with Gasteiger partial charge in [0.05, 0.1) is 53.0 Å². The molecule has 2 N–H and O–H groups in total. The van der Waals surface area contributed by atoms with E-state index in [4.69, 9.17) is 13.5 Å². The van der Waals surface area contributed by atoms with Crippen LogP contribution in [0.3, 0.4) is 0 Å². The van der Waals surface area contributed by atoms with E-state index in [1.807, 2.05) is 100 Å². The predicted molar refractivity (Wildman–Crippen MR) is 459 cm³/mol. The molecule has 0 radical (unpaired) electrons. The Bertz CT molecular complexity index is 3600. The molecule has 0 unspecified atom stereocenters. The Morgan fingerprint density at radius 3 is 1.40 bits per heavy atom. The molecule has 0 aromatic carbocycles. The molecule has 0 saturated carbocycles. The molecule has 0 fully saturated rings. The molecule has 28 heteroatoms. The topological polar surface area (TPSA) is 305 Å². The van der Waals surface area contributed by atoms with Crippen molar-refractivity contribution in [3.63, 3.8) is 0 Å². The summed E-state index contributed by atoms with van der Waals surface area (Å²) in [7, 11) is 1.88. The summed E-state index contributed by atoms with van der Waals surface area (Å²) in [5.74, 6) is 4.46. The Morgan fingerprint density at radius 1 is 0.540 bits per heavy atom. The van der Waals surface area contributed by atoms with Crippen LogP contribution in [0, 0.1) is 19.3 Å². The third kappa shape index (κ3) is 43.5. The predicted octanol–water partition coefficient (Wildman–Crippen LogP) is 20.1. The van der Waals surface area contributed by atoms with Gasteiger partial charge in [-0.3, -0.25) is 14.5 Å². The maximum Gasteiger partial charge on any atom is 0.180 e. The fraction of sp³-hybridized carbons (Fsp3) is 0.624. The Hall–Kier alpha value is -9.34. The number of aromatic amines is 2. The molecule has 0 bridgehead atoms. The smallest absolute Gasteiger partial charge is 0.180 e. The van der Waals surface area contributed by atoms with Gasteiger partial charge in [-0.25, -0.2) is 39.6 Å². The van der Waals surface area contributed by atoms with Crippen LogP contribution < -0.4 is 0 Å². The van der Waals surface area contributed by atoms with Crippen LogP contribution in [-0.2, 0) is 68.1 Å². The van der Waals surface area contributed by atoms with E-state index in [0.29, 0.717) is 5.41 Å². The molecule has 27 nitrogen and oxygen atoms in total. The van der Waals surface area contributed by atoms with E-state index in [1.54, 1.807) is 66.1 Å². The number of thiazole rings is 1. The van der Waals surface area contributed by atoms with Crippen LogP contribution in [0.2, 0.25) is 0 Å². The molecule has 11 aromatic rings. The fourth-order valence-corrected chi connectivity index (χ4v) is 9.58. The van der Waals surface area contributed by atoms with Crippen LogP contribution in [0.1, 0.15) is 301 Å². The maximum atomic E-state index is 5.09. The Kier molecular flexibility index (Phi) is 39.9. The van der Waals surface area contributed by atoms with E-state index >= 15 is 0 Å². The van der Waals surface area contributed by atoms with E-state index in [2.05, 4.69) is 364 Å². The second kappa shape index (κ2) is 44.4. The average molecular weight is 1580 g/mol. The lowest BCUT2D eigenvalue weighted by Gasteiger charge is -2.34. The molecule has 1 aliphatic heterocycles. The molecule has 12 rings (SSSR count). The summed E-state index contributed by atoms with van der Waals surface area (Å²) in [4.78, 5) is 30.3. The van der Waals surface area contributed by atoms with Gasteiger partial charge in [0.1, 0.15) is 48.9 Å². The summed E-state index contributed by atoms with van der Waals surface area (Å²) >= 11 is 1.66. The summed E-state index contributed by atoms with van der Waals surface area (Å²) < 4.78 is 24.5. The van der Waals surface area contributed by atoms with Crippen molar-refractivity contribution in [3.05, 3.63) is 193 Å². The minimum atomic E-state index is 0.00694. The lowest BCUT2D eigenvalue weighted by atomic mass is 9.86. The van der Waals surface area contributed by atoms with Crippen molar-refractivity contribution in [2.45, 2.75) is 330 Å². The van der Waals surface area contributed by atoms with Crippen LogP contribution in [0.25, 0.3) is 0 Å². The van der Waals surface area contributed by atoms with E-state index in [9.17, 15) is 0 Å². The number of nitrogens with one attached hydrogen (secondary N) is 2. The van der Waals surface area contributed by atoms with Gasteiger partial charge in [0, 0.05) is 112 Å². The molecule has 113 heavy (non-hydrogen) atoms. The molecular weight excluding hydrogens is 1440 g/mol. The molecule has 630 valence electrons. The van der Waals surface area contributed by atoms with Crippen molar-refractivity contribution in [2.24, 2.45) is 12.5 Å². The largest absolute Gasteiger partial charge is 0.448 e. The zero-order chi connectivity index (χ0) is 86.9. The summed E-state index contributed by atoms with van der Waals surface area (Å²) in [5.41, 5.74) is 8.23. The number of aromatic nitrogens is 23. The van der Waals surface area contributed by atoms with E-state index in [0.717, 1.165) is 53.3 Å². The monoisotopic (exact) mass is 1580 g/mol. The molecule has 0 atom stereocenters. The summed E-state index contributed by atoms with van der Waals surface area (Å²) in [6, 6.07) is 1.94. The number of allylic oxidation sites excluding steroid dienone is 2. The number of aryl methyl sites for hydroxylation is 3. The van der Waals surface area contributed by atoms with Gasteiger partial charge in [-0.05, 0) is 132 Å². The van der Waals surface area contributed by atoms with Crippen LogP contribution in [0.4, 0.5) is 0 Å². The van der Waals surface area contributed by atoms with Gasteiger partial charge in [-0.1, -0.05) is 194 Å².